The zero-order valence-electron chi connectivity index (χ0n) is 8.89. The normalized spacial score (nSPS) is 13.8. The molecule has 0 spiro atoms. The number of ketones is 1. The number of hydrogen-bond acceptors (Lipinski definition) is 2. The predicted octanol–water partition coefficient (Wildman–Crippen LogP) is 2.06. The Morgan fingerprint density at radius 1 is 1.25 bits per heavy atom. The Hall–Kier alpha value is -1.90. The fraction of sp³-hybridized carbons (Fsp3) is 0.231. The van der Waals surface area contributed by atoms with Crippen molar-refractivity contribution in [1.82, 2.24) is 9.55 Å². The van der Waals surface area contributed by atoms with E-state index in [0.717, 1.165) is 36.5 Å². The van der Waals surface area contributed by atoms with Crippen molar-refractivity contribution in [2.75, 3.05) is 0 Å². The van der Waals surface area contributed by atoms with Gasteiger partial charge in [0.1, 0.15) is 11.5 Å². The standard InChI is InChI=1S/C13H12N2O/c16-13(10-5-2-1-3-6-10)11-9-14-12-7-4-8-15(11)12/h1-3,5-6,9H,4,7-8H2. The minimum Gasteiger partial charge on any atom is -0.325 e. The number of carbonyl (C=O) groups excluding carboxylic acids is 1. The zero-order valence-corrected chi connectivity index (χ0v) is 8.89. The van der Waals surface area contributed by atoms with E-state index in [4.69, 9.17) is 0 Å². The first-order chi connectivity index (χ1) is 7.86. The van der Waals surface area contributed by atoms with Crippen LogP contribution >= 0.6 is 0 Å². The maximum Gasteiger partial charge on any atom is 0.211 e. The van der Waals surface area contributed by atoms with Gasteiger partial charge in [-0.2, -0.15) is 0 Å². The number of aromatic nitrogens is 2. The van der Waals surface area contributed by atoms with E-state index in [9.17, 15) is 4.79 Å². The Kier molecular flexibility index (Phi) is 2.10. The van der Waals surface area contributed by atoms with Gasteiger partial charge in [-0.3, -0.25) is 4.79 Å². The van der Waals surface area contributed by atoms with Gasteiger partial charge in [-0.15, -0.1) is 0 Å². The van der Waals surface area contributed by atoms with Crippen molar-refractivity contribution in [2.45, 2.75) is 19.4 Å². The third-order valence-electron chi connectivity index (χ3n) is 2.99. The largest absolute Gasteiger partial charge is 0.325 e. The first-order valence-electron chi connectivity index (χ1n) is 5.50. The predicted molar refractivity (Wildman–Crippen MR) is 60.4 cm³/mol. The molecule has 1 aliphatic heterocycles. The van der Waals surface area contributed by atoms with Crippen molar-refractivity contribution in [1.29, 1.82) is 0 Å². The van der Waals surface area contributed by atoms with Crippen LogP contribution in [0.5, 0.6) is 0 Å². The van der Waals surface area contributed by atoms with Gasteiger partial charge < -0.3 is 4.57 Å². The van der Waals surface area contributed by atoms with Gasteiger partial charge in [0.05, 0.1) is 6.20 Å². The van der Waals surface area contributed by atoms with Crippen LogP contribution in [0.25, 0.3) is 0 Å². The molecule has 0 radical (unpaired) electrons. The molecular weight excluding hydrogens is 200 g/mol. The number of benzene rings is 1. The van der Waals surface area contributed by atoms with Gasteiger partial charge in [0, 0.05) is 18.5 Å². The molecule has 3 rings (SSSR count). The number of hydrogen-bond donors (Lipinski definition) is 0. The highest BCUT2D eigenvalue weighted by molar-refractivity contribution is 6.07. The quantitative estimate of drug-likeness (QED) is 0.714. The number of aryl methyl sites for hydroxylation is 1. The zero-order chi connectivity index (χ0) is 11.0. The highest BCUT2D eigenvalue weighted by atomic mass is 16.1. The van der Waals surface area contributed by atoms with Crippen molar-refractivity contribution in [2.24, 2.45) is 0 Å². The molecule has 1 aromatic heterocycles. The van der Waals surface area contributed by atoms with Crippen molar-refractivity contribution in [3.05, 3.63) is 53.6 Å². The lowest BCUT2D eigenvalue weighted by Gasteiger charge is -2.03. The first-order valence-corrected chi connectivity index (χ1v) is 5.50. The fourth-order valence-corrected chi connectivity index (χ4v) is 2.18. The molecule has 3 nitrogen and oxygen atoms in total. The highest BCUT2D eigenvalue weighted by Crippen LogP contribution is 2.18. The van der Waals surface area contributed by atoms with Crippen LogP contribution in [0.2, 0.25) is 0 Å². The summed E-state index contributed by atoms with van der Waals surface area (Å²) in [5.74, 6) is 1.11. The van der Waals surface area contributed by atoms with E-state index >= 15 is 0 Å². The molecule has 0 aliphatic carbocycles. The molecule has 0 fully saturated rings. The average molecular weight is 212 g/mol. The van der Waals surface area contributed by atoms with E-state index in [1.165, 1.54) is 0 Å². The highest BCUT2D eigenvalue weighted by Gasteiger charge is 2.20. The van der Waals surface area contributed by atoms with Crippen LogP contribution in [0.4, 0.5) is 0 Å². The lowest BCUT2D eigenvalue weighted by molar-refractivity contribution is 0.103. The van der Waals surface area contributed by atoms with Crippen molar-refractivity contribution in [3.63, 3.8) is 0 Å². The Balaban J connectivity index is 2.02. The smallest absolute Gasteiger partial charge is 0.211 e. The van der Waals surface area contributed by atoms with Crippen LogP contribution < -0.4 is 0 Å². The van der Waals surface area contributed by atoms with Crippen LogP contribution in [0, 0.1) is 0 Å². The van der Waals surface area contributed by atoms with Gasteiger partial charge in [-0.25, -0.2) is 4.98 Å². The first kappa shape index (κ1) is 9.33. The SMILES string of the molecule is O=C(c1ccccc1)c1cnc2n1CCC2. The molecule has 0 saturated heterocycles. The summed E-state index contributed by atoms with van der Waals surface area (Å²) in [6, 6.07) is 9.37. The summed E-state index contributed by atoms with van der Waals surface area (Å²) in [7, 11) is 0. The van der Waals surface area contributed by atoms with Gasteiger partial charge >= 0.3 is 0 Å². The second kappa shape index (κ2) is 3.59. The Morgan fingerprint density at radius 3 is 2.88 bits per heavy atom. The van der Waals surface area contributed by atoms with E-state index in [-0.39, 0.29) is 5.78 Å². The van der Waals surface area contributed by atoms with Crippen molar-refractivity contribution >= 4 is 5.78 Å². The van der Waals surface area contributed by atoms with Gasteiger partial charge in [0.2, 0.25) is 5.78 Å². The molecule has 0 bridgehead atoms. The number of rotatable bonds is 2. The molecular formula is C13H12N2O. The van der Waals surface area contributed by atoms with E-state index in [1.807, 2.05) is 34.9 Å². The van der Waals surface area contributed by atoms with Gasteiger partial charge in [0.25, 0.3) is 0 Å². The molecule has 1 aliphatic rings. The van der Waals surface area contributed by atoms with Gasteiger partial charge in [0.15, 0.2) is 0 Å². The number of nitrogens with zero attached hydrogens (tertiary/aromatic N) is 2. The molecule has 3 heteroatoms. The number of carbonyl (C=O) groups is 1. The van der Waals surface area contributed by atoms with E-state index in [2.05, 4.69) is 4.98 Å². The van der Waals surface area contributed by atoms with Crippen LogP contribution in [0.1, 0.15) is 28.3 Å². The molecule has 0 amide bonds. The van der Waals surface area contributed by atoms with Crippen molar-refractivity contribution < 1.29 is 4.79 Å². The minimum atomic E-state index is 0.0706. The summed E-state index contributed by atoms with van der Waals surface area (Å²) in [5.41, 5.74) is 1.45. The summed E-state index contributed by atoms with van der Waals surface area (Å²) >= 11 is 0. The van der Waals surface area contributed by atoms with E-state index in [1.54, 1.807) is 6.20 Å². The summed E-state index contributed by atoms with van der Waals surface area (Å²) in [4.78, 5) is 16.5. The third kappa shape index (κ3) is 1.36. The Bertz CT molecular complexity index is 528. The Morgan fingerprint density at radius 2 is 2.06 bits per heavy atom. The molecule has 0 unspecified atom stereocenters. The van der Waals surface area contributed by atoms with E-state index < -0.39 is 0 Å². The summed E-state index contributed by atoms with van der Waals surface area (Å²) in [6.45, 7) is 0.920. The van der Waals surface area contributed by atoms with Gasteiger partial charge in [-0.1, -0.05) is 30.3 Å². The number of fused-ring (bicyclic) bond motifs is 1. The van der Waals surface area contributed by atoms with Crippen LogP contribution in [0.3, 0.4) is 0 Å². The van der Waals surface area contributed by atoms with E-state index in [0.29, 0.717) is 0 Å². The fourth-order valence-electron chi connectivity index (χ4n) is 2.18. The monoisotopic (exact) mass is 212 g/mol. The molecule has 0 N–H and O–H groups in total. The lowest BCUT2D eigenvalue weighted by Crippen LogP contribution is -2.08. The summed E-state index contributed by atoms with van der Waals surface area (Å²) < 4.78 is 2.04. The van der Waals surface area contributed by atoms with Crippen LogP contribution in [-0.2, 0) is 13.0 Å². The molecule has 2 heterocycles. The molecule has 0 atom stereocenters. The maximum atomic E-state index is 12.2. The second-order valence-electron chi connectivity index (χ2n) is 4.01. The van der Waals surface area contributed by atoms with Crippen molar-refractivity contribution in [3.8, 4) is 0 Å². The lowest BCUT2D eigenvalue weighted by atomic mass is 10.1. The summed E-state index contributed by atoms with van der Waals surface area (Å²) in [5, 5.41) is 0. The molecule has 2 aromatic rings. The number of imidazole rings is 1. The maximum absolute atomic E-state index is 12.2. The van der Waals surface area contributed by atoms with Crippen LogP contribution in [0.15, 0.2) is 36.5 Å². The molecule has 1 aromatic carbocycles. The second-order valence-corrected chi connectivity index (χ2v) is 4.01. The molecule has 16 heavy (non-hydrogen) atoms. The topological polar surface area (TPSA) is 34.9 Å². The molecule has 0 saturated carbocycles. The molecule has 80 valence electrons. The summed E-state index contributed by atoms with van der Waals surface area (Å²) in [6.07, 6.45) is 3.78. The third-order valence-corrected chi connectivity index (χ3v) is 2.99. The average Bonchev–Trinajstić information content (AvgIpc) is 2.91. The minimum absolute atomic E-state index is 0.0706. The van der Waals surface area contributed by atoms with Gasteiger partial charge in [-0.05, 0) is 6.42 Å². The Labute approximate surface area is 93.7 Å². The van der Waals surface area contributed by atoms with Crippen LogP contribution in [-0.4, -0.2) is 15.3 Å².